The van der Waals surface area contributed by atoms with Crippen LogP contribution in [0.1, 0.15) is 44.6 Å². The smallest absolute Gasteiger partial charge is 0.191 e. The SMILES string of the molecule is CCNC(=NCc1ccccc1)NC1CCCCC1. The lowest BCUT2D eigenvalue weighted by Gasteiger charge is -2.24. The van der Waals surface area contributed by atoms with Crippen LogP contribution in [0.5, 0.6) is 0 Å². The molecule has 3 heteroatoms. The first kappa shape index (κ1) is 13.9. The highest BCUT2D eigenvalue weighted by atomic mass is 15.2. The fourth-order valence-electron chi connectivity index (χ4n) is 2.51. The van der Waals surface area contributed by atoms with Crippen LogP contribution in [0.3, 0.4) is 0 Å². The average molecular weight is 259 g/mol. The molecule has 104 valence electrons. The zero-order valence-electron chi connectivity index (χ0n) is 11.9. The van der Waals surface area contributed by atoms with Crippen molar-refractivity contribution >= 4 is 5.96 Å². The van der Waals surface area contributed by atoms with E-state index in [0.717, 1.165) is 19.0 Å². The van der Waals surface area contributed by atoms with E-state index < -0.39 is 0 Å². The normalized spacial score (nSPS) is 17.2. The number of nitrogens with one attached hydrogen (secondary N) is 2. The first-order chi connectivity index (χ1) is 9.38. The number of benzene rings is 1. The van der Waals surface area contributed by atoms with Gasteiger partial charge in [0.1, 0.15) is 0 Å². The van der Waals surface area contributed by atoms with Crippen LogP contribution in [0.2, 0.25) is 0 Å². The third kappa shape index (κ3) is 4.93. The fraction of sp³-hybridized carbons (Fsp3) is 0.562. The van der Waals surface area contributed by atoms with Gasteiger partial charge in [0.25, 0.3) is 0 Å². The molecule has 0 heterocycles. The molecule has 1 aliphatic rings. The lowest BCUT2D eigenvalue weighted by Crippen LogP contribution is -2.44. The lowest BCUT2D eigenvalue weighted by molar-refractivity contribution is 0.410. The zero-order valence-corrected chi connectivity index (χ0v) is 11.9. The Labute approximate surface area is 116 Å². The molecule has 1 aromatic carbocycles. The van der Waals surface area contributed by atoms with Crippen LogP contribution >= 0.6 is 0 Å². The summed E-state index contributed by atoms with van der Waals surface area (Å²) >= 11 is 0. The van der Waals surface area contributed by atoms with Gasteiger partial charge < -0.3 is 10.6 Å². The van der Waals surface area contributed by atoms with Crippen molar-refractivity contribution in [3.8, 4) is 0 Å². The second kappa shape index (κ2) is 7.82. The van der Waals surface area contributed by atoms with Gasteiger partial charge in [-0.3, -0.25) is 0 Å². The fourth-order valence-corrected chi connectivity index (χ4v) is 2.51. The molecule has 1 aliphatic carbocycles. The van der Waals surface area contributed by atoms with Gasteiger partial charge in [0, 0.05) is 12.6 Å². The Hall–Kier alpha value is -1.51. The van der Waals surface area contributed by atoms with E-state index in [-0.39, 0.29) is 0 Å². The molecule has 0 spiro atoms. The first-order valence-corrected chi connectivity index (χ1v) is 7.47. The predicted octanol–water partition coefficient (Wildman–Crippen LogP) is 3.07. The molecule has 0 amide bonds. The summed E-state index contributed by atoms with van der Waals surface area (Å²) in [5.41, 5.74) is 1.25. The van der Waals surface area contributed by atoms with Crippen molar-refractivity contribution in [3.63, 3.8) is 0 Å². The van der Waals surface area contributed by atoms with Crippen molar-refractivity contribution in [2.75, 3.05) is 6.54 Å². The molecule has 19 heavy (non-hydrogen) atoms. The molecule has 0 aromatic heterocycles. The minimum absolute atomic E-state index is 0.599. The van der Waals surface area contributed by atoms with Gasteiger partial charge in [0.05, 0.1) is 6.54 Å². The number of aliphatic imine (C=N–C) groups is 1. The van der Waals surface area contributed by atoms with E-state index in [9.17, 15) is 0 Å². The summed E-state index contributed by atoms with van der Waals surface area (Å²) in [6.07, 6.45) is 6.62. The van der Waals surface area contributed by atoms with E-state index in [4.69, 9.17) is 0 Å². The maximum Gasteiger partial charge on any atom is 0.191 e. The highest BCUT2D eigenvalue weighted by molar-refractivity contribution is 5.80. The van der Waals surface area contributed by atoms with Gasteiger partial charge in [-0.25, -0.2) is 4.99 Å². The maximum atomic E-state index is 4.67. The van der Waals surface area contributed by atoms with Crippen LogP contribution in [0, 0.1) is 0 Å². The largest absolute Gasteiger partial charge is 0.357 e. The van der Waals surface area contributed by atoms with Gasteiger partial charge in [-0.2, -0.15) is 0 Å². The predicted molar refractivity (Wildman–Crippen MR) is 81.3 cm³/mol. The molecule has 0 saturated heterocycles. The zero-order chi connectivity index (χ0) is 13.3. The Morgan fingerprint density at radius 1 is 1.16 bits per heavy atom. The summed E-state index contributed by atoms with van der Waals surface area (Å²) in [5, 5.41) is 6.91. The molecule has 3 nitrogen and oxygen atoms in total. The Kier molecular flexibility index (Phi) is 5.73. The molecule has 2 N–H and O–H groups in total. The molecule has 0 atom stereocenters. The van der Waals surface area contributed by atoms with Crippen LogP contribution in [-0.2, 0) is 6.54 Å². The van der Waals surface area contributed by atoms with Crippen molar-refractivity contribution in [1.29, 1.82) is 0 Å². The third-order valence-corrected chi connectivity index (χ3v) is 3.55. The molecule has 0 aliphatic heterocycles. The Morgan fingerprint density at radius 3 is 2.58 bits per heavy atom. The Bertz CT molecular complexity index is 380. The van der Waals surface area contributed by atoms with Crippen LogP contribution in [0.25, 0.3) is 0 Å². The van der Waals surface area contributed by atoms with Crippen molar-refractivity contribution in [2.24, 2.45) is 4.99 Å². The number of guanidine groups is 1. The van der Waals surface area contributed by atoms with Gasteiger partial charge in [0.2, 0.25) is 0 Å². The molecule has 1 aromatic rings. The van der Waals surface area contributed by atoms with Gasteiger partial charge in [-0.05, 0) is 25.3 Å². The van der Waals surface area contributed by atoms with Crippen molar-refractivity contribution in [2.45, 2.75) is 51.6 Å². The number of nitrogens with zero attached hydrogens (tertiary/aromatic N) is 1. The summed E-state index contributed by atoms with van der Waals surface area (Å²) < 4.78 is 0. The molecule has 2 rings (SSSR count). The van der Waals surface area contributed by atoms with E-state index in [1.54, 1.807) is 0 Å². The number of rotatable bonds is 4. The highest BCUT2D eigenvalue weighted by Gasteiger charge is 2.14. The topological polar surface area (TPSA) is 36.4 Å². The minimum atomic E-state index is 0.599. The highest BCUT2D eigenvalue weighted by Crippen LogP contribution is 2.17. The molecule has 0 unspecified atom stereocenters. The van der Waals surface area contributed by atoms with E-state index in [1.807, 2.05) is 6.07 Å². The monoisotopic (exact) mass is 259 g/mol. The van der Waals surface area contributed by atoms with Gasteiger partial charge >= 0.3 is 0 Å². The molecule has 0 bridgehead atoms. The van der Waals surface area contributed by atoms with Gasteiger partial charge in [-0.1, -0.05) is 49.6 Å². The maximum absolute atomic E-state index is 4.67. The average Bonchev–Trinajstić information content (AvgIpc) is 2.47. The molecular weight excluding hydrogens is 234 g/mol. The van der Waals surface area contributed by atoms with E-state index in [0.29, 0.717) is 6.04 Å². The molecule has 1 fully saturated rings. The van der Waals surface area contributed by atoms with Crippen LogP contribution in [0.15, 0.2) is 35.3 Å². The molecule has 0 radical (unpaired) electrons. The van der Waals surface area contributed by atoms with E-state index in [2.05, 4.69) is 46.8 Å². The summed E-state index contributed by atoms with van der Waals surface area (Å²) in [5.74, 6) is 0.957. The second-order valence-electron chi connectivity index (χ2n) is 5.16. The van der Waals surface area contributed by atoms with Crippen molar-refractivity contribution in [3.05, 3.63) is 35.9 Å². The van der Waals surface area contributed by atoms with Crippen LogP contribution < -0.4 is 10.6 Å². The Balaban J connectivity index is 1.90. The summed E-state index contributed by atoms with van der Waals surface area (Å²) in [6.45, 7) is 3.76. The molecular formula is C16H25N3. The standard InChI is InChI=1S/C16H25N3/c1-2-17-16(19-15-11-7-4-8-12-15)18-13-14-9-5-3-6-10-14/h3,5-6,9-10,15H,2,4,7-8,11-13H2,1H3,(H2,17,18,19). The summed E-state index contributed by atoms with van der Waals surface area (Å²) in [6, 6.07) is 11.0. The quantitative estimate of drug-likeness (QED) is 0.644. The second-order valence-corrected chi connectivity index (χ2v) is 5.16. The number of hydrogen-bond acceptors (Lipinski definition) is 1. The molecule has 1 saturated carbocycles. The van der Waals surface area contributed by atoms with Gasteiger partial charge in [0.15, 0.2) is 5.96 Å². The lowest BCUT2D eigenvalue weighted by atomic mass is 9.96. The Morgan fingerprint density at radius 2 is 1.89 bits per heavy atom. The summed E-state index contributed by atoms with van der Waals surface area (Å²) in [7, 11) is 0. The van der Waals surface area contributed by atoms with Crippen LogP contribution in [0.4, 0.5) is 0 Å². The van der Waals surface area contributed by atoms with Crippen LogP contribution in [-0.4, -0.2) is 18.5 Å². The third-order valence-electron chi connectivity index (χ3n) is 3.55. The minimum Gasteiger partial charge on any atom is -0.357 e. The van der Waals surface area contributed by atoms with E-state index >= 15 is 0 Å². The first-order valence-electron chi connectivity index (χ1n) is 7.47. The van der Waals surface area contributed by atoms with E-state index in [1.165, 1.54) is 37.7 Å². The van der Waals surface area contributed by atoms with Crippen molar-refractivity contribution in [1.82, 2.24) is 10.6 Å². The summed E-state index contributed by atoms with van der Waals surface area (Å²) in [4.78, 5) is 4.67. The van der Waals surface area contributed by atoms with Crippen molar-refractivity contribution < 1.29 is 0 Å². The van der Waals surface area contributed by atoms with Gasteiger partial charge in [-0.15, -0.1) is 0 Å². The number of hydrogen-bond donors (Lipinski definition) is 2.